The number of hydrogen-bond donors (Lipinski definition) is 2. The summed E-state index contributed by atoms with van der Waals surface area (Å²) in [5.74, 6) is -0.235. The molecule has 1 aliphatic rings. The second kappa shape index (κ2) is 4.62. The minimum Gasteiger partial charge on any atom is -0.399 e. The average molecular weight is 208 g/mol. The van der Waals surface area contributed by atoms with Crippen molar-refractivity contribution in [2.75, 3.05) is 12.3 Å². The zero-order valence-corrected chi connectivity index (χ0v) is 8.80. The number of halogens is 1. The molecule has 3 heteroatoms. The fourth-order valence-corrected chi connectivity index (χ4v) is 2.18. The van der Waals surface area contributed by atoms with Gasteiger partial charge in [0.05, 0.1) is 0 Å². The van der Waals surface area contributed by atoms with E-state index in [2.05, 4.69) is 5.32 Å². The van der Waals surface area contributed by atoms with E-state index in [9.17, 15) is 4.39 Å². The van der Waals surface area contributed by atoms with E-state index in [1.54, 1.807) is 6.07 Å². The molecule has 1 fully saturated rings. The lowest BCUT2D eigenvalue weighted by Gasteiger charge is -2.23. The Morgan fingerprint density at radius 3 is 2.87 bits per heavy atom. The summed E-state index contributed by atoms with van der Waals surface area (Å²) in [4.78, 5) is 0. The molecule has 2 nitrogen and oxygen atoms in total. The van der Waals surface area contributed by atoms with Crippen LogP contribution < -0.4 is 11.1 Å². The number of hydrogen-bond acceptors (Lipinski definition) is 2. The van der Waals surface area contributed by atoms with Crippen LogP contribution in [-0.2, 0) is 6.42 Å². The summed E-state index contributed by atoms with van der Waals surface area (Å²) in [5, 5.41) is 3.44. The van der Waals surface area contributed by atoms with Crippen LogP contribution in [0.25, 0.3) is 0 Å². The van der Waals surface area contributed by atoms with Gasteiger partial charge in [0.1, 0.15) is 5.82 Å². The molecule has 82 valence electrons. The van der Waals surface area contributed by atoms with Gasteiger partial charge in [-0.05, 0) is 49.6 Å². The highest BCUT2D eigenvalue weighted by Crippen LogP contribution is 2.16. The molecule has 1 aliphatic heterocycles. The Labute approximate surface area is 89.7 Å². The van der Waals surface area contributed by atoms with E-state index in [1.807, 2.05) is 6.07 Å². The molecule has 1 heterocycles. The fourth-order valence-electron chi connectivity index (χ4n) is 2.18. The quantitative estimate of drug-likeness (QED) is 0.730. The van der Waals surface area contributed by atoms with Crippen LogP contribution in [0.4, 0.5) is 10.1 Å². The number of benzene rings is 1. The Hall–Kier alpha value is -1.09. The van der Waals surface area contributed by atoms with E-state index in [-0.39, 0.29) is 5.82 Å². The second-order valence-corrected chi connectivity index (χ2v) is 4.24. The Balaban J connectivity index is 2.02. The standard InChI is InChI=1S/C12H17FN2/c13-10-5-9(6-11(14)8-10)7-12-3-1-2-4-15-12/h5-6,8,12,15H,1-4,7,14H2. The molecular formula is C12H17FN2. The highest BCUT2D eigenvalue weighted by molar-refractivity contribution is 5.41. The summed E-state index contributed by atoms with van der Waals surface area (Å²) in [5.41, 5.74) is 7.11. The van der Waals surface area contributed by atoms with Gasteiger partial charge in [-0.15, -0.1) is 0 Å². The molecule has 1 saturated heterocycles. The smallest absolute Gasteiger partial charge is 0.125 e. The SMILES string of the molecule is Nc1cc(F)cc(CC2CCCCN2)c1. The van der Waals surface area contributed by atoms with Crippen molar-refractivity contribution in [1.29, 1.82) is 0 Å². The summed E-state index contributed by atoms with van der Waals surface area (Å²) in [6.45, 7) is 1.08. The molecule has 0 aromatic heterocycles. The molecule has 0 spiro atoms. The van der Waals surface area contributed by atoms with Crippen LogP contribution in [0.3, 0.4) is 0 Å². The summed E-state index contributed by atoms with van der Waals surface area (Å²) >= 11 is 0. The van der Waals surface area contributed by atoms with Crippen LogP contribution in [0, 0.1) is 5.82 Å². The van der Waals surface area contributed by atoms with Crippen LogP contribution >= 0.6 is 0 Å². The zero-order valence-electron chi connectivity index (χ0n) is 8.80. The van der Waals surface area contributed by atoms with Crippen LogP contribution in [0.15, 0.2) is 18.2 Å². The van der Waals surface area contributed by atoms with Gasteiger partial charge in [-0.3, -0.25) is 0 Å². The first kappa shape index (κ1) is 10.4. The maximum Gasteiger partial charge on any atom is 0.125 e. The van der Waals surface area contributed by atoms with E-state index in [0.29, 0.717) is 11.7 Å². The first-order valence-electron chi connectivity index (χ1n) is 5.52. The van der Waals surface area contributed by atoms with Gasteiger partial charge in [-0.25, -0.2) is 4.39 Å². The van der Waals surface area contributed by atoms with Crippen molar-refractivity contribution in [3.8, 4) is 0 Å². The third kappa shape index (κ3) is 2.93. The molecule has 0 saturated carbocycles. The van der Waals surface area contributed by atoms with Crippen LogP contribution in [-0.4, -0.2) is 12.6 Å². The first-order valence-corrected chi connectivity index (χ1v) is 5.52. The minimum absolute atomic E-state index is 0.235. The van der Waals surface area contributed by atoms with E-state index >= 15 is 0 Å². The zero-order chi connectivity index (χ0) is 10.7. The largest absolute Gasteiger partial charge is 0.399 e. The van der Waals surface area contributed by atoms with Gasteiger partial charge in [0.25, 0.3) is 0 Å². The first-order chi connectivity index (χ1) is 7.24. The molecule has 0 bridgehead atoms. The van der Waals surface area contributed by atoms with Crippen molar-refractivity contribution in [1.82, 2.24) is 5.32 Å². The minimum atomic E-state index is -0.235. The van der Waals surface area contributed by atoms with E-state index < -0.39 is 0 Å². The van der Waals surface area contributed by atoms with E-state index in [1.165, 1.54) is 25.3 Å². The van der Waals surface area contributed by atoms with Gasteiger partial charge in [-0.1, -0.05) is 6.42 Å². The third-order valence-corrected chi connectivity index (χ3v) is 2.87. The molecule has 1 atom stereocenters. The lowest BCUT2D eigenvalue weighted by molar-refractivity contribution is 0.399. The Kier molecular flexibility index (Phi) is 3.21. The van der Waals surface area contributed by atoms with Crippen molar-refractivity contribution < 1.29 is 4.39 Å². The van der Waals surface area contributed by atoms with Crippen molar-refractivity contribution in [3.05, 3.63) is 29.6 Å². The van der Waals surface area contributed by atoms with Crippen LogP contribution in [0.2, 0.25) is 0 Å². The summed E-state index contributed by atoms with van der Waals surface area (Å²) < 4.78 is 13.1. The number of nitrogen functional groups attached to an aromatic ring is 1. The van der Waals surface area contributed by atoms with E-state index in [0.717, 1.165) is 18.5 Å². The van der Waals surface area contributed by atoms with Crippen molar-refractivity contribution in [2.45, 2.75) is 31.7 Å². The number of rotatable bonds is 2. The number of nitrogens with two attached hydrogens (primary N) is 1. The molecule has 1 aromatic carbocycles. The highest BCUT2D eigenvalue weighted by Gasteiger charge is 2.13. The molecule has 2 rings (SSSR count). The van der Waals surface area contributed by atoms with Crippen LogP contribution in [0.1, 0.15) is 24.8 Å². The molecule has 0 aliphatic carbocycles. The highest BCUT2D eigenvalue weighted by atomic mass is 19.1. The second-order valence-electron chi connectivity index (χ2n) is 4.24. The van der Waals surface area contributed by atoms with Gasteiger partial charge in [0.2, 0.25) is 0 Å². The number of nitrogens with one attached hydrogen (secondary N) is 1. The van der Waals surface area contributed by atoms with Gasteiger partial charge in [-0.2, -0.15) is 0 Å². The fraction of sp³-hybridized carbons (Fsp3) is 0.500. The van der Waals surface area contributed by atoms with Crippen LogP contribution in [0.5, 0.6) is 0 Å². The molecular weight excluding hydrogens is 191 g/mol. The molecule has 15 heavy (non-hydrogen) atoms. The molecule has 1 aromatic rings. The van der Waals surface area contributed by atoms with Gasteiger partial charge >= 0.3 is 0 Å². The predicted octanol–water partition coefficient (Wildman–Crippen LogP) is 2.09. The van der Waals surface area contributed by atoms with Crippen molar-refractivity contribution >= 4 is 5.69 Å². The Morgan fingerprint density at radius 2 is 2.20 bits per heavy atom. The van der Waals surface area contributed by atoms with Gasteiger partial charge < -0.3 is 11.1 Å². The third-order valence-electron chi connectivity index (χ3n) is 2.87. The van der Waals surface area contributed by atoms with E-state index in [4.69, 9.17) is 5.73 Å². The van der Waals surface area contributed by atoms with Crippen molar-refractivity contribution in [3.63, 3.8) is 0 Å². The molecule has 3 N–H and O–H groups in total. The van der Waals surface area contributed by atoms with Crippen molar-refractivity contribution in [2.24, 2.45) is 0 Å². The normalized spacial score (nSPS) is 21.5. The average Bonchev–Trinajstić information content (AvgIpc) is 2.17. The Bertz CT molecular complexity index is 312. The predicted molar refractivity (Wildman–Crippen MR) is 60.2 cm³/mol. The summed E-state index contributed by atoms with van der Waals surface area (Å²) in [6.07, 6.45) is 4.57. The van der Waals surface area contributed by atoms with Gasteiger partial charge in [0, 0.05) is 11.7 Å². The lowest BCUT2D eigenvalue weighted by atomic mass is 9.97. The molecule has 0 amide bonds. The number of piperidine rings is 1. The lowest BCUT2D eigenvalue weighted by Crippen LogP contribution is -2.35. The van der Waals surface area contributed by atoms with Gasteiger partial charge in [0.15, 0.2) is 0 Å². The molecule has 1 unspecified atom stereocenters. The maximum atomic E-state index is 13.1. The summed E-state index contributed by atoms with van der Waals surface area (Å²) in [7, 11) is 0. The monoisotopic (exact) mass is 208 g/mol. The Morgan fingerprint density at radius 1 is 1.33 bits per heavy atom. The molecule has 0 radical (unpaired) electrons. The summed E-state index contributed by atoms with van der Waals surface area (Å²) in [6, 6.07) is 5.28. The maximum absolute atomic E-state index is 13.1. The topological polar surface area (TPSA) is 38.0 Å². The number of anilines is 1.